The quantitative estimate of drug-likeness (QED) is 0.841. The molecule has 3 rings (SSSR count). The van der Waals surface area contributed by atoms with E-state index in [0.717, 1.165) is 25.7 Å². The fraction of sp³-hybridized carbons (Fsp3) is 0.444. The van der Waals surface area contributed by atoms with Gasteiger partial charge in [-0.25, -0.2) is 0 Å². The van der Waals surface area contributed by atoms with Crippen molar-refractivity contribution >= 4 is 35.0 Å². The average molecular weight is 383 g/mol. The number of halogens is 2. The molecule has 0 radical (unpaired) electrons. The standard InChI is InChI=1S/C18H20Cl2N2O3/c1-22-9-13(16(23)18(22)25)17(24)21-12-5-2-10(3-6-12)11-4-7-14(19)15(20)8-11/h4,7-8,10,12,23H,2-3,5-6,9H2,1H3,(H,21,24)/t10-,12+. The van der Waals surface area contributed by atoms with Gasteiger partial charge in [0, 0.05) is 13.1 Å². The molecule has 0 atom stereocenters. The van der Waals surface area contributed by atoms with Gasteiger partial charge in [0.05, 0.1) is 22.2 Å². The highest BCUT2D eigenvalue weighted by atomic mass is 35.5. The van der Waals surface area contributed by atoms with Gasteiger partial charge in [-0.1, -0.05) is 29.3 Å². The molecular weight excluding hydrogens is 363 g/mol. The maximum absolute atomic E-state index is 12.3. The Morgan fingerprint density at radius 2 is 1.88 bits per heavy atom. The lowest BCUT2D eigenvalue weighted by Gasteiger charge is -2.29. The number of nitrogens with zero attached hydrogens (tertiary/aromatic N) is 1. The third-order valence-electron chi connectivity index (χ3n) is 4.98. The smallest absolute Gasteiger partial charge is 0.289 e. The first-order valence-electron chi connectivity index (χ1n) is 8.30. The molecule has 5 nitrogen and oxygen atoms in total. The summed E-state index contributed by atoms with van der Waals surface area (Å²) in [5.41, 5.74) is 1.32. The van der Waals surface area contributed by atoms with Crippen molar-refractivity contribution in [1.82, 2.24) is 10.2 Å². The first kappa shape index (κ1) is 18.1. The number of likely N-dealkylation sites (N-methyl/N-ethyl adjacent to an activating group) is 1. The van der Waals surface area contributed by atoms with Crippen LogP contribution in [-0.4, -0.2) is 41.5 Å². The largest absolute Gasteiger partial charge is 0.503 e. The highest BCUT2D eigenvalue weighted by molar-refractivity contribution is 6.42. The van der Waals surface area contributed by atoms with Crippen LogP contribution in [0.25, 0.3) is 0 Å². The summed E-state index contributed by atoms with van der Waals surface area (Å²) in [6, 6.07) is 5.78. The molecule has 7 heteroatoms. The van der Waals surface area contributed by atoms with Crippen molar-refractivity contribution in [3.63, 3.8) is 0 Å². The molecule has 1 heterocycles. The van der Waals surface area contributed by atoms with E-state index in [2.05, 4.69) is 5.32 Å². The van der Waals surface area contributed by atoms with Crippen LogP contribution < -0.4 is 5.32 Å². The fourth-order valence-corrected chi connectivity index (χ4v) is 3.79. The first-order chi connectivity index (χ1) is 11.9. The highest BCUT2D eigenvalue weighted by Crippen LogP contribution is 2.35. The number of carbonyl (C=O) groups excluding carboxylic acids is 2. The van der Waals surface area contributed by atoms with Crippen molar-refractivity contribution in [2.24, 2.45) is 0 Å². The Morgan fingerprint density at radius 1 is 1.20 bits per heavy atom. The van der Waals surface area contributed by atoms with E-state index in [1.165, 1.54) is 10.5 Å². The van der Waals surface area contributed by atoms with E-state index in [-0.39, 0.29) is 24.1 Å². The Hall–Kier alpha value is -1.72. The summed E-state index contributed by atoms with van der Waals surface area (Å²) < 4.78 is 0. The third kappa shape index (κ3) is 3.77. The summed E-state index contributed by atoms with van der Waals surface area (Å²) in [4.78, 5) is 25.2. The Bertz CT molecular complexity index is 740. The average Bonchev–Trinajstić information content (AvgIpc) is 2.86. The van der Waals surface area contributed by atoms with Gasteiger partial charge in [0.15, 0.2) is 5.76 Å². The minimum Gasteiger partial charge on any atom is -0.503 e. The van der Waals surface area contributed by atoms with Crippen molar-refractivity contribution < 1.29 is 14.7 Å². The Kier molecular flexibility index (Phi) is 5.25. The van der Waals surface area contributed by atoms with Gasteiger partial charge in [-0.2, -0.15) is 0 Å². The minimum absolute atomic E-state index is 0.0489. The summed E-state index contributed by atoms with van der Waals surface area (Å²) in [6.45, 7) is 0.148. The number of aliphatic hydroxyl groups excluding tert-OH is 1. The number of carbonyl (C=O) groups is 2. The molecule has 2 N–H and O–H groups in total. The van der Waals surface area contributed by atoms with Crippen LogP contribution >= 0.6 is 23.2 Å². The number of aliphatic hydroxyl groups is 1. The summed E-state index contributed by atoms with van der Waals surface area (Å²) >= 11 is 12.1. The van der Waals surface area contributed by atoms with E-state index >= 15 is 0 Å². The normalized spacial score (nSPS) is 24.0. The number of amides is 2. The van der Waals surface area contributed by atoms with Gasteiger partial charge in [0.25, 0.3) is 11.8 Å². The molecule has 1 aliphatic carbocycles. The second kappa shape index (κ2) is 7.26. The predicted octanol–water partition coefficient (Wildman–Crippen LogP) is 3.42. The molecule has 2 amide bonds. The zero-order valence-electron chi connectivity index (χ0n) is 13.9. The number of nitrogens with one attached hydrogen (secondary N) is 1. The minimum atomic E-state index is -0.506. The predicted molar refractivity (Wildman–Crippen MR) is 96.9 cm³/mol. The maximum Gasteiger partial charge on any atom is 0.289 e. The maximum atomic E-state index is 12.3. The van der Waals surface area contributed by atoms with E-state index in [4.69, 9.17) is 23.2 Å². The van der Waals surface area contributed by atoms with Crippen LogP contribution in [0.1, 0.15) is 37.2 Å². The fourth-order valence-electron chi connectivity index (χ4n) is 3.48. The van der Waals surface area contributed by atoms with Crippen molar-refractivity contribution in [3.8, 4) is 0 Å². The topological polar surface area (TPSA) is 69.6 Å². The number of benzene rings is 1. The second-order valence-electron chi connectivity index (χ2n) is 6.68. The van der Waals surface area contributed by atoms with E-state index in [1.807, 2.05) is 18.2 Å². The van der Waals surface area contributed by atoms with Crippen LogP contribution in [-0.2, 0) is 9.59 Å². The van der Waals surface area contributed by atoms with Crippen LogP contribution in [0.3, 0.4) is 0 Å². The molecule has 1 saturated carbocycles. The molecule has 1 fully saturated rings. The molecule has 1 aromatic carbocycles. The van der Waals surface area contributed by atoms with Crippen molar-refractivity contribution in [2.75, 3.05) is 13.6 Å². The number of hydrogen-bond donors (Lipinski definition) is 2. The molecule has 2 aliphatic rings. The number of hydrogen-bond acceptors (Lipinski definition) is 3. The van der Waals surface area contributed by atoms with E-state index in [1.54, 1.807) is 7.05 Å². The van der Waals surface area contributed by atoms with Gasteiger partial charge in [-0.15, -0.1) is 0 Å². The molecule has 0 bridgehead atoms. The molecule has 1 aliphatic heterocycles. The summed E-state index contributed by atoms with van der Waals surface area (Å²) in [7, 11) is 1.56. The lowest BCUT2D eigenvalue weighted by molar-refractivity contribution is -0.126. The Balaban J connectivity index is 1.57. The molecule has 0 saturated heterocycles. The molecule has 134 valence electrons. The van der Waals surface area contributed by atoms with E-state index in [9.17, 15) is 14.7 Å². The molecule has 0 aromatic heterocycles. The molecule has 0 spiro atoms. The van der Waals surface area contributed by atoms with Crippen LogP contribution in [0.15, 0.2) is 29.5 Å². The van der Waals surface area contributed by atoms with Gasteiger partial charge in [0.2, 0.25) is 0 Å². The van der Waals surface area contributed by atoms with Gasteiger partial charge in [-0.3, -0.25) is 9.59 Å². The summed E-state index contributed by atoms with van der Waals surface area (Å²) in [6.07, 6.45) is 3.56. The Labute approximate surface area is 156 Å². The van der Waals surface area contributed by atoms with Gasteiger partial charge in [0.1, 0.15) is 0 Å². The van der Waals surface area contributed by atoms with Gasteiger partial charge >= 0.3 is 0 Å². The van der Waals surface area contributed by atoms with Crippen molar-refractivity contribution in [1.29, 1.82) is 0 Å². The van der Waals surface area contributed by atoms with Crippen LogP contribution in [0.5, 0.6) is 0 Å². The Morgan fingerprint density at radius 3 is 2.44 bits per heavy atom. The SMILES string of the molecule is CN1CC(C(=O)N[C@H]2CC[C@@H](c3ccc(Cl)c(Cl)c3)CC2)=C(O)C1=O. The highest BCUT2D eigenvalue weighted by Gasteiger charge is 2.33. The molecule has 1 aromatic rings. The zero-order chi connectivity index (χ0) is 18.1. The summed E-state index contributed by atoms with van der Waals surface area (Å²) in [5, 5.41) is 13.8. The monoisotopic (exact) mass is 382 g/mol. The lowest BCUT2D eigenvalue weighted by Crippen LogP contribution is -2.39. The van der Waals surface area contributed by atoms with E-state index in [0.29, 0.717) is 16.0 Å². The second-order valence-corrected chi connectivity index (χ2v) is 7.50. The third-order valence-corrected chi connectivity index (χ3v) is 5.72. The van der Waals surface area contributed by atoms with Crippen LogP contribution in [0.2, 0.25) is 10.0 Å². The van der Waals surface area contributed by atoms with Crippen LogP contribution in [0, 0.1) is 0 Å². The van der Waals surface area contributed by atoms with Crippen molar-refractivity contribution in [3.05, 3.63) is 45.1 Å². The van der Waals surface area contributed by atoms with Gasteiger partial charge in [-0.05, 0) is 49.3 Å². The lowest BCUT2D eigenvalue weighted by atomic mass is 9.81. The van der Waals surface area contributed by atoms with Crippen LogP contribution in [0.4, 0.5) is 0 Å². The summed E-state index contributed by atoms with van der Waals surface area (Å²) in [5.74, 6) is -0.902. The molecular formula is C18H20Cl2N2O3. The van der Waals surface area contributed by atoms with Gasteiger partial charge < -0.3 is 15.3 Å². The molecule has 0 unspecified atom stereocenters. The molecule has 25 heavy (non-hydrogen) atoms. The van der Waals surface area contributed by atoms with E-state index < -0.39 is 11.7 Å². The zero-order valence-corrected chi connectivity index (χ0v) is 15.4. The number of rotatable bonds is 3. The first-order valence-corrected chi connectivity index (χ1v) is 9.05. The van der Waals surface area contributed by atoms with Crippen molar-refractivity contribution in [2.45, 2.75) is 37.6 Å².